The summed E-state index contributed by atoms with van der Waals surface area (Å²) >= 11 is 1.87. The molecule has 0 spiro atoms. The van der Waals surface area contributed by atoms with Crippen LogP contribution in [0.3, 0.4) is 0 Å². The molecule has 0 amide bonds. The predicted octanol–water partition coefficient (Wildman–Crippen LogP) is 5.00. The summed E-state index contributed by atoms with van der Waals surface area (Å²) in [5, 5.41) is 6.01. The maximum Gasteiger partial charge on any atom is 0.0388 e. The van der Waals surface area contributed by atoms with E-state index in [9.17, 15) is 0 Å². The lowest BCUT2D eigenvalue weighted by atomic mass is 9.89. The summed E-state index contributed by atoms with van der Waals surface area (Å²) in [5.74, 6) is 1.81. The summed E-state index contributed by atoms with van der Waals surface area (Å²) in [6.07, 6.45) is 6.96. The molecule has 102 valence electrons. The van der Waals surface area contributed by atoms with Crippen molar-refractivity contribution in [3.63, 3.8) is 0 Å². The minimum atomic E-state index is 0.519. The van der Waals surface area contributed by atoms with Gasteiger partial charge < -0.3 is 5.32 Å². The van der Waals surface area contributed by atoms with Crippen LogP contribution in [-0.2, 0) is 0 Å². The maximum atomic E-state index is 3.83. The number of rotatable bonds is 4. The van der Waals surface area contributed by atoms with E-state index in [0.29, 0.717) is 6.04 Å². The molecule has 2 heteroatoms. The Morgan fingerprint density at radius 3 is 2.67 bits per heavy atom. The lowest BCUT2D eigenvalue weighted by Gasteiger charge is -2.22. The van der Waals surface area contributed by atoms with Gasteiger partial charge in [-0.15, -0.1) is 11.3 Å². The van der Waals surface area contributed by atoms with Gasteiger partial charge in [0.15, 0.2) is 0 Å². The van der Waals surface area contributed by atoms with Gasteiger partial charge in [0.25, 0.3) is 0 Å². The molecule has 1 saturated carbocycles. The van der Waals surface area contributed by atoms with Crippen LogP contribution in [0.2, 0.25) is 0 Å². The van der Waals surface area contributed by atoms with Crippen LogP contribution in [-0.4, -0.2) is 6.04 Å². The lowest BCUT2D eigenvalue weighted by Crippen LogP contribution is -2.30. The maximum absolute atomic E-state index is 3.83. The molecule has 1 aliphatic carbocycles. The van der Waals surface area contributed by atoms with E-state index < -0.39 is 0 Å². The number of hydrogen-bond acceptors (Lipinski definition) is 2. The van der Waals surface area contributed by atoms with Crippen LogP contribution in [0.5, 0.6) is 0 Å². The Morgan fingerprint density at radius 1 is 1.17 bits per heavy atom. The van der Waals surface area contributed by atoms with E-state index in [1.165, 1.54) is 37.0 Å². The third kappa shape index (κ3) is 3.83. The summed E-state index contributed by atoms with van der Waals surface area (Å²) in [5.41, 5.74) is 0. The fourth-order valence-electron chi connectivity index (χ4n) is 3.14. The molecule has 1 nitrogen and oxygen atoms in total. The van der Waals surface area contributed by atoms with Crippen molar-refractivity contribution >= 4 is 11.3 Å². The van der Waals surface area contributed by atoms with Gasteiger partial charge in [-0.3, -0.25) is 0 Å². The van der Waals surface area contributed by atoms with Crippen LogP contribution < -0.4 is 5.32 Å². The Labute approximate surface area is 116 Å². The fourth-order valence-corrected chi connectivity index (χ4v) is 3.88. The van der Waals surface area contributed by atoms with Gasteiger partial charge >= 0.3 is 0 Å². The van der Waals surface area contributed by atoms with E-state index in [-0.39, 0.29) is 0 Å². The Hall–Kier alpha value is -0.340. The molecule has 1 N–H and O–H groups in total. The summed E-state index contributed by atoms with van der Waals surface area (Å²) in [6.45, 7) is 7.07. The molecule has 2 rings (SSSR count). The van der Waals surface area contributed by atoms with Gasteiger partial charge in [-0.05, 0) is 49.5 Å². The summed E-state index contributed by atoms with van der Waals surface area (Å²) in [4.78, 5) is 1.47. The molecule has 0 saturated heterocycles. The molecule has 0 aromatic carbocycles. The molecule has 0 radical (unpaired) electrons. The van der Waals surface area contributed by atoms with Crippen molar-refractivity contribution < 1.29 is 0 Å². The van der Waals surface area contributed by atoms with E-state index in [1.54, 1.807) is 0 Å². The molecule has 0 aliphatic heterocycles. The quantitative estimate of drug-likeness (QED) is 0.755. The average molecular weight is 265 g/mol. The highest BCUT2D eigenvalue weighted by atomic mass is 32.1. The van der Waals surface area contributed by atoms with Crippen molar-refractivity contribution in [2.75, 3.05) is 0 Å². The van der Waals surface area contributed by atoms with Gasteiger partial charge in [-0.2, -0.15) is 0 Å². The van der Waals surface area contributed by atoms with Crippen molar-refractivity contribution in [3.8, 4) is 0 Å². The highest BCUT2D eigenvalue weighted by molar-refractivity contribution is 7.10. The molecular formula is C16H27NS. The predicted molar refractivity (Wildman–Crippen MR) is 81.1 cm³/mol. The zero-order chi connectivity index (χ0) is 13.0. The second-order valence-corrected chi connectivity index (χ2v) is 7.09. The number of hydrogen-bond donors (Lipinski definition) is 1. The minimum Gasteiger partial charge on any atom is -0.307 e. The summed E-state index contributed by atoms with van der Waals surface area (Å²) in [7, 11) is 0. The number of thiophene rings is 1. The van der Waals surface area contributed by atoms with Crippen molar-refractivity contribution in [1.82, 2.24) is 5.32 Å². The Bertz CT molecular complexity index is 331. The number of nitrogens with one attached hydrogen (secondary N) is 1. The second kappa shape index (κ2) is 6.72. The van der Waals surface area contributed by atoms with Crippen molar-refractivity contribution in [3.05, 3.63) is 22.4 Å². The molecule has 1 aliphatic rings. The van der Waals surface area contributed by atoms with E-state index in [4.69, 9.17) is 0 Å². The average Bonchev–Trinajstić information content (AvgIpc) is 2.77. The molecule has 1 fully saturated rings. The van der Waals surface area contributed by atoms with Crippen LogP contribution in [0.15, 0.2) is 17.5 Å². The molecule has 1 aromatic rings. The molecule has 3 unspecified atom stereocenters. The first-order valence-electron chi connectivity index (χ1n) is 7.46. The van der Waals surface area contributed by atoms with E-state index in [2.05, 4.69) is 43.6 Å². The van der Waals surface area contributed by atoms with E-state index in [0.717, 1.165) is 17.9 Å². The van der Waals surface area contributed by atoms with Gasteiger partial charge in [0, 0.05) is 17.0 Å². The van der Waals surface area contributed by atoms with Crippen LogP contribution >= 0.6 is 11.3 Å². The van der Waals surface area contributed by atoms with Gasteiger partial charge in [0.1, 0.15) is 0 Å². The van der Waals surface area contributed by atoms with Crippen molar-refractivity contribution in [1.29, 1.82) is 0 Å². The summed E-state index contributed by atoms with van der Waals surface area (Å²) in [6, 6.07) is 5.65. The van der Waals surface area contributed by atoms with Gasteiger partial charge in [-0.1, -0.05) is 32.8 Å². The van der Waals surface area contributed by atoms with Crippen LogP contribution in [0.4, 0.5) is 0 Å². The first-order valence-corrected chi connectivity index (χ1v) is 8.34. The van der Waals surface area contributed by atoms with E-state index in [1.807, 2.05) is 11.3 Å². The smallest absolute Gasteiger partial charge is 0.0388 e. The highest BCUT2D eigenvalue weighted by Gasteiger charge is 2.22. The standard InChI is InChI=1S/C16H27NS/c1-12(2)14-6-4-7-15(10-9-14)17-13(3)16-8-5-11-18-16/h5,8,11-15,17H,4,6-7,9-10H2,1-3H3. The van der Waals surface area contributed by atoms with Crippen LogP contribution in [0.1, 0.15) is 63.8 Å². The van der Waals surface area contributed by atoms with Gasteiger partial charge in [0.05, 0.1) is 0 Å². The molecule has 18 heavy (non-hydrogen) atoms. The van der Waals surface area contributed by atoms with Crippen LogP contribution in [0, 0.1) is 11.8 Å². The first-order chi connectivity index (χ1) is 8.66. The third-order valence-corrected chi connectivity index (χ3v) is 5.47. The fraction of sp³-hybridized carbons (Fsp3) is 0.750. The lowest BCUT2D eigenvalue weighted by molar-refractivity contribution is 0.335. The molecular weight excluding hydrogens is 238 g/mol. The summed E-state index contributed by atoms with van der Waals surface area (Å²) < 4.78 is 0. The monoisotopic (exact) mass is 265 g/mol. The molecule has 1 heterocycles. The SMILES string of the molecule is CC(NC1CCCC(C(C)C)CC1)c1cccs1. The third-order valence-electron chi connectivity index (χ3n) is 4.41. The molecule has 0 bridgehead atoms. The second-order valence-electron chi connectivity index (χ2n) is 6.11. The van der Waals surface area contributed by atoms with E-state index >= 15 is 0 Å². The normalized spacial score (nSPS) is 27.1. The first kappa shape index (κ1) is 14.1. The van der Waals surface area contributed by atoms with Gasteiger partial charge in [-0.25, -0.2) is 0 Å². The van der Waals surface area contributed by atoms with Crippen molar-refractivity contribution in [2.24, 2.45) is 11.8 Å². The minimum absolute atomic E-state index is 0.519. The Balaban J connectivity index is 1.83. The zero-order valence-electron chi connectivity index (χ0n) is 12.0. The van der Waals surface area contributed by atoms with Crippen LogP contribution in [0.25, 0.3) is 0 Å². The Morgan fingerprint density at radius 2 is 2.00 bits per heavy atom. The molecule has 1 aromatic heterocycles. The molecule has 3 atom stereocenters. The highest BCUT2D eigenvalue weighted by Crippen LogP contribution is 2.30. The zero-order valence-corrected chi connectivity index (χ0v) is 12.8. The van der Waals surface area contributed by atoms with Gasteiger partial charge in [0.2, 0.25) is 0 Å². The van der Waals surface area contributed by atoms with Crippen molar-refractivity contribution in [2.45, 2.75) is 65.0 Å². The Kier molecular flexibility index (Phi) is 5.25. The topological polar surface area (TPSA) is 12.0 Å². The largest absolute Gasteiger partial charge is 0.307 e.